The Morgan fingerprint density at radius 3 is 1.87 bits per heavy atom. The third kappa shape index (κ3) is 8.44. The van der Waals surface area contributed by atoms with E-state index >= 15 is 0 Å². The molecule has 0 aliphatic carbocycles. The first-order valence-electron chi connectivity index (χ1n) is 21.1. The second kappa shape index (κ2) is 16.3. The number of rotatable bonds is 7. The van der Waals surface area contributed by atoms with Crippen LogP contribution in [0, 0.1) is 12.1 Å². The van der Waals surface area contributed by atoms with Gasteiger partial charge in [0.2, 0.25) is 0 Å². The van der Waals surface area contributed by atoms with Gasteiger partial charge in [-0.25, -0.2) is 4.98 Å². The monoisotopic (exact) mass is 991 g/mol. The molecule has 9 aromatic rings. The van der Waals surface area contributed by atoms with E-state index in [0.717, 1.165) is 66.7 Å². The van der Waals surface area contributed by atoms with Gasteiger partial charge >= 0.3 is 21.1 Å². The van der Waals surface area contributed by atoms with E-state index in [-0.39, 0.29) is 37.3 Å². The standard InChI is InChI=1S/C56H52N4O.Pt/c1-54(2,3)41-20-15-19-38(27-41)49-33-53(57-35-50(49)37-17-11-10-12-18-37)60-51-24-14-13-23-47(51)48-26-25-46(32-52(48)60)61-45-22-16-21-44(31-45)59-36-40(34-58-59)39-28-42(55(4,5)6)30-43(29-39)56(7,8)9;/h10-30,33-36H,1-9H3;/q-2;+2. The van der Waals surface area contributed by atoms with E-state index in [1.165, 1.54) is 16.7 Å². The summed E-state index contributed by atoms with van der Waals surface area (Å²) in [5.41, 5.74) is 13.3. The molecule has 6 aromatic carbocycles. The predicted molar refractivity (Wildman–Crippen MR) is 252 cm³/mol. The molecule has 0 aliphatic rings. The molecule has 0 fully saturated rings. The minimum Gasteiger partial charge on any atom is -0.509 e. The minimum absolute atomic E-state index is 0. The van der Waals surface area contributed by atoms with Gasteiger partial charge in [0.05, 0.1) is 6.20 Å². The number of pyridine rings is 1. The van der Waals surface area contributed by atoms with E-state index in [0.29, 0.717) is 11.5 Å². The topological polar surface area (TPSA) is 44.9 Å². The first kappa shape index (κ1) is 42.7. The predicted octanol–water partition coefficient (Wildman–Crippen LogP) is 14.6. The number of aromatic nitrogens is 4. The van der Waals surface area contributed by atoms with Gasteiger partial charge < -0.3 is 9.30 Å². The van der Waals surface area contributed by atoms with Crippen molar-refractivity contribution in [3.8, 4) is 56.4 Å². The maximum absolute atomic E-state index is 6.56. The van der Waals surface area contributed by atoms with E-state index in [1.807, 2.05) is 41.3 Å². The van der Waals surface area contributed by atoms with Crippen LogP contribution in [0.2, 0.25) is 0 Å². The van der Waals surface area contributed by atoms with Crippen LogP contribution in [0.1, 0.15) is 79.0 Å². The molecule has 0 unspecified atom stereocenters. The zero-order chi connectivity index (χ0) is 42.7. The average molecular weight is 992 g/mol. The van der Waals surface area contributed by atoms with Crippen LogP contribution in [0.4, 0.5) is 0 Å². The summed E-state index contributed by atoms with van der Waals surface area (Å²) < 4.78 is 10.6. The number of hydrogen-bond acceptors (Lipinski definition) is 3. The van der Waals surface area contributed by atoms with Gasteiger partial charge in [0.25, 0.3) is 0 Å². The fourth-order valence-electron chi connectivity index (χ4n) is 7.99. The van der Waals surface area contributed by atoms with Crippen LogP contribution in [0.15, 0.2) is 152 Å². The summed E-state index contributed by atoms with van der Waals surface area (Å²) in [5, 5.41) is 6.98. The Bertz CT molecular complexity index is 3030. The Morgan fingerprint density at radius 1 is 0.500 bits per heavy atom. The van der Waals surface area contributed by atoms with Crippen molar-refractivity contribution < 1.29 is 25.8 Å². The third-order valence-electron chi connectivity index (χ3n) is 11.6. The molecule has 0 aliphatic heterocycles. The van der Waals surface area contributed by atoms with Crippen molar-refractivity contribution in [2.45, 2.75) is 78.6 Å². The summed E-state index contributed by atoms with van der Waals surface area (Å²) in [6.45, 7) is 20.4. The van der Waals surface area contributed by atoms with Gasteiger partial charge in [0, 0.05) is 40.5 Å². The second-order valence-electron chi connectivity index (χ2n) is 19.2. The molecule has 312 valence electrons. The summed E-state index contributed by atoms with van der Waals surface area (Å²) in [6.07, 6.45) is 6.02. The molecule has 6 heteroatoms. The maximum atomic E-state index is 6.56. The van der Waals surface area contributed by atoms with Gasteiger partial charge in [-0.15, -0.1) is 35.7 Å². The van der Waals surface area contributed by atoms with Crippen LogP contribution >= 0.6 is 0 Å². The molecule has 0 bridgehead atoms. The number of benzene rings is 6. The van der Waals surface area contributed by atoms with Crippen LogP contribution in [0.5, 0.6) is 11.5 Å². The van der Waals surface area contributed by atoms with Crippen molar-refractivity contribution >= 4 is 21.8 Å². The Labute approximate surface area is 380 Å². The van der Waals surface area contributed by atoms with Crippen molar-refractivity contribution in [2.24, 2.45) is 0 Å². The Balaban J connectivity index is 0.00000529. The Morgan fingerprint density at radius 2 is 1.15 bits per heavy atom. The van der Waals surface area contributed by atoms with Crippen LogP contribution < -0.4 is 4.74 Å². The molecule has 0 spiro atoms. The van der Waals surface area contributed by atoms with Crippen LogP contribution in [0.3, 0.4) is 0 Å². The van der Waals surface area contributed by atoms with E-state index in [1.54, 1.807) is 0 Å². The molecule has 3 aromatic heterocycles. The summed E-state index contributed by atoms with van der Waals surface area (Å²) in [4.78, 5) is 5.16. The van der Waals surface area contributed by atoms with Gasteiger partial charge in [-0.3, -0.25) is 4.68 Å². The SMILES string of the molecule is CC(C)(C)c1cccc(-c2cc(-n3c4[c-]c(Oc5[c-]c(-n6cc(-c7cc(C(C)(C)C)cc(C(C)(C)C)c7)cn6)ccc5)ccc4c4ccccc43)ncc2-c2ccccc2)c1.[Pt+2]. The van der Waals surface area contributed by atoms with Crippen molar-refractivity contribution in [1.29, 1.82) is 0 Å². The molecule has 3 heterocycles. The van der Waals surface area contributed by atoms with Gasteiger partial charge in [-0.05, 0) is 78.4 Å². The smallest absolute Gasteiger partial charge is 0.509 e. The number of nitrogens with zero attached hydrogens (tertiary/aromatic N) is 4. The molecule has 9 rings (SSSR count). The van der Waals surface area contributed by atoms with Gasteiger partial charge in [0.15, 0.2) is 0 Å². The number of para-hydroxylation sites is 1. The molecule has 0 saturated heterocycles. The molecule has 0 radical (unpaired) electrons. The van der Waals surface area contributed by atoms with Crippen LogP contribution in [-0.4, -0.2) is 19.3 Å². The van der Waals surface area contributed by atoms with E-state index in [9.17, 15) is 0 Å². The summed E-state index contributed by atoms with van der Waals surface area (Å²) in [5.74, 6) is 1.96. The van der Waals surface area contributed by atoms with Crippen molar-refractivity contribution in [3.05, 3.63) is 181 Å². The Hall–Kier alpha value is -6.03. The molecule has 5 nitrogen and oxygen atoms in total. The van der Waals surface area contributed by atoms with Gasteiger partial charge in [-0.2, -0.15) is 17.2 Å². The Kier molecular flexibility index (Phi) is 11.2. The molecular formula is C56H52N4OPt. The van der Waals surface area contributed by atoms with Crippen molar-refractivity contribution in [2.75, 3.05) is 0 Å². The fraction of sp³-hybridized carbons (Fsp3) is 0.214. The van der Waals surface area contributed by atoms with Crippen molar-refractivity contribution in [1.82, 2.24) is 19.3 Å². The third-order valence-corrected chi connectivity index (χ3v) is 11.6. The maximum Gasteiger partial charge on any atom is 2.00 e. The van der Waals surface area contributed by atoms with Crippen LogP contribution in [0.25, 0.3) is 66.7 Å². The molecule has 0 N–H and O–H groups in total. The molecule has 0 saturated carbocycles. The van der Waals surface area contributed by atoms with E-state index < -0.39 is 0 Å². The van der Waals surface area contributed by atoms with Gasteiger partial charge in [-0.1, -0.05) is 159 Å². The van der Waals surface area contributed by atoms with Gasteiger partial charge in [0.1, 0.15) is 5.82 Å². The normalized spacial score (nSPS) is 12.1. The fourth-order valence-corrected chi connectivity index (χ4v) is 7.99. The molecule has 0 atom stereocenters. The number of hydrogen-bond donors (Lipinski definition) is 0. The molecule has 62 heavy (non-hydrogen) atoms. The zero-order valence-electron chi connectivity index (χ0n) is 36.9. The average Bonchev–Trinajstić information content (AvgIpc) is 3.87. The number of ether oxygens (including phenoxy) is 1. The minimum atomic E-state index is 0. The molecule has 0 amide bonds. The summed E-state index contributed by atoms with van der Waals surface area (Å²) in [7, 11) is 0. The summed E-state index contributed by atoms with van der Waals surface area (Å²) >= 11 is 0. The second-order valence-corrected chi connectivity index (χ2v) is 19.2. The van der Waals surface area contributed by atoms with E-state index in [4.69, 9.17) is 14.8 Å². The van der Waals surface area contributed by atoms with E-state index in [2.05, 4.69) is 194 Å². The number of fused-ring (bicyclic) bond motifs is 3. The zero-order valence-corrected chi connectivity index (χ0v) is 39.2. The molecular weight excluding hydrogens is 940 g/mol. The quantitative estimate of drug-likeness (QED) is 0.150. The summed E-state index contributed by atoms with van der Waals surface area (Å²) in [6, 6.07) is 54.1. The first-order valence-corrected chi connectivity index (χ1v) is 21.1. The largest absolute Gasteiger partial charge is 2.00 e. The van der Waals surface area contributed by atoms with Crippen LogP contribution in [-0.2, 0) is 37.3 Å². The first-order chi connectivity index (χ1) is 29.1. The van der Waals surface area contributed by atoms with Crippen molar-refractivity contribution in [3.63, 3.8) is 0 Å².